The lowest BCUT2D eigenvalue weighted by atomic mass is 9.92. The number of aromatic nitrogens is 2. The molecule has 0 amide bonds. The van der Waals surface area contributed by atoms with Crippen LogP contribution in [0.2, 0.25) is 0 Å². The van der Waals surface area contributed by atoms with E-state index in [0.717, 1.165) is 106 Å². The van der Waals surface area contributed by atoms with Crippen LogP contribution in [-0.4, -0.2) is 9.13 Å². The monoisotopic (exact) mass is 908 g/mol. The Kier molecular flexibility index (Phi) is 10.2. The van der Waals surface area contributed by atoms with Gasteiger partial charge in [-0.1, -0.05) is 164 Å². The van der Waals surface area contributed by atoms with Gasteiger partial charge in [0, 0.05) is 27.1 Å². The maximum atomic E-state index is 15.3. The summed E-state index contributed by atoms with van der Waals surface area (Å²) in [6.45, 7) is 0. The Morgan fingerprint density at radius 3 is 1.37 bits per heavy atom. The van der Waals surface area contributed by atoms with Crippen LogP contribution in [0.15, 0.2) is 212 Å². The largest absolute Gasteiger partial charge is 0.417 e. The molecule has 0 saturated heterocycles. The van der Waals surface area contributed by atoms with Gasteiger partial charge in [0.05, 0.1) is 62.3 Å². The summed E-state index contributed by atoms with van der Waals surface area (Å²) in [5, 5.41) is 26.9. The molecule has 0 spiro atoms. The first-order chi connectivity index (χ1) is 34.2. The predicted octanol–water partition coefficient (Wildman–Crippen LogP) is 15.0. The molecule has 8 aromatic carbocycles. The molecule has 332 valence electrons. The van der Waals surface area contributed by atoms with Gasteiger partial charge in [-0.15, -0.1) is 0 Å². The van der Waals surface area contributed by atoms with E-state index in [9.17, 15) is 10.5 Å². The molecule has 7 heteroatoms. The fraction of sp³-hybridized carbons (Fsp3) is 0.0476. The zero-order valence-corrected chi connectivity index (χ0v) is 37.5. The minimum atomic E-state index is -4.84. The maximum Gasteiger partial charge on any atom is 0.417 e. The average Bonchev–Trinajstić information content (AvgIpc) is 3.92. The fourth-order valence-electron chi connectivity index (χ4n) is 10.4. The van der Waals surface area contributed by atoms with Crippen LogP contribution in [0.5, 0.6) is 0 Å². The summed E-state index contributed by atoms with van der Waals surface area (Å²) in [4.78, 5) is 0. The van der Waals surface area contributed by atoms with E-state index in [2.05, 4.69) is 137 Å². The quantitative estimate of drug-likeness (QED) is 0.173. The first-order valence-electron chi connectivity index (χ1n) is 23.1. The highest BCUT2D eigenvalue weighted by atomic mass is 19.4. The van der Waals surface area contributed by atoms with E-state index in [0.29, 0.717) is 11.4 Å². The summed E-state index contributed by atoms with van der Waals surface area (Å²) >= 11 is 0. The Bertz CT molecular complexity index is 3970. The second kappa shape index (κ2) is 16.9. The molecule has 0 atom stereocenters. The Balaban J connectivity index is 1.29. The van der Waals surface area contributed by atoms with Crippen molar-refractivity contribution in [2.75, 3.05) is 0 Å². The Hall–Kier alpha value is -9.17. The molecule has 70 heavy (non-hydrogen) atoms. The van der Waals surface area contributed by atoms with Crippen molar-refractivity contribution in [1.29, 1.82) is 10.5 Å². The van der Waals surface area contributed by atoms with Gasteiger partial charge in [0.2, 0.25) is 0 Å². The summed E-state index contributed by atoms with van der Waals surface area (Å²) in [6.07, 6.45) is 13.3. The van der Waals surface area contributed by atoms with Crippen LogP contribution in [0.1, 0.15) is 29.5 Å². The van der Waals surface area contributed by atoms with Crippen LogP contribution < -0.4 is 10.4 Å². The lowest BCUT2D eigenvalue weighted by Gasteiger charge is -2.21. The van der Waals surface area contributed by atoms with Crippen LogP contribution in [0, 0.1) is 22.7 Å². The Morgan fingerprint density at radius 2 is 0.914 bits per heavy atom. The van der Waals surface area contributed by atoms with Crippen molar-refractivity contribution < 1.29 is 13.2 Å². The molecule has 0 radical (unpaired) electrons. The summed E-state index contributed by atoms with van der Waals surface area (Å²) in [6, 6.07) is 57.4. The molecular weight excluding hydrogens is 870 g/mol. The molecule has 0 fully saturated rings. The fourth-order valence-corrected chi connectivity index (χ4v) is 10.4. The molecule has 0 aliphatic heterocycles. The number of fused-ring (bicyclic) bond motifs is 6. The lowest BCUT2D eigenvalue weighted by molar-refractivity contribution is -0.137. The van der Waals surface area contributed by atoms with Crippen molar-refractivity contribution in [2.45, 2.75) is 19.0 Å². The van der Waals surface area contributed by atoms with Crippen LogP contribution in [0.3, 0.4) is 0 Å². The van der Waals surface area contributed by atoms with E-state index in [-0.39, 0.29) is 22.3 Å². The zero-order chi connectivity index (χ0) is 47.5. The first kappa shape index (κ1) is 42.2. The number of allylic oxidation sites excluding steroid dienone is 8. The van der Waals surface area contributed by atoms with Crippen LogP contribution in [0.25, 0.3) is 99.5 Å². The van der Waals surface area contributed by atoms with Crippen molar-refractivity contribution in [1.82, 2.24) is 9.13 Å². The van der Waals surface area contributed by atoms with Gasteiger partial charge in [0.25, 0.3) is 0 Å². The van der Waals surface area contributed by atoms with Gasteiger partial charge >= 0.3 is 6.18 Å². The van der Waals surface area contributed by atoms with Gasteiger partial charge in [-0.05, 0) is 111 Å². The number of rotatable bonds is 5. The molecular formula is C63H39F3N4. The molecule has 0 saturated carbocycles. The third-order valence-electron chi connectivity index (χ3n) is 13.7. The standard InChI is InChI=1S/C63H39F3N4/c64-63(65,66)56-31-40(38-67)21-26-50(56)55-37-62(70-59-34-47(43-17-9-3-10-18-43)24-29-53(59)54-30-25-48(35-60(54)70)44-19-11-4-12-20-44)61(36-49(55)39-68)69-57-32-45(41-13-5-1-6-14-41)22-27-51(57)52-28-23-46(33-58(52)69)42-15-7-2-8-16-42/h1-17,19,21-37H,18,20H2. The Morgan fingerprint density at radius 1 is 0.429 bits per heavy atom. The topological polar surface area (TPSA) is 57.4 Å². The molecule has 2 aliphatic rings. The van der Waals surface area contributed by atoms with E-state index < -0.39 is 11.7 Å². The lowest BCUT2D eigenvalue weighted by Crippen LogP contribution is -2.11. The molecule has 2 aromatic heterocycles. The van der Waals surface area contributed by atoms with Crippen molar-refractivity contribution >= 4 is 54.8 Å². The van der Waals surface area contributed by atoms with E-state index in [1.54, 1.807) is 12.1 Å². The molecule has 0 N–H and O–H groups in total. The summed E-state index contributed by atoms with van der Waals surface area (Å²) in [5.41, 5.74) is 9.72. The van der Waals surface area contributed by atoms with Gasteiger partial charge in [-0.3, -0.25) is 0 Å². The van der Waals surface area contributed by atoms with Gasteiger partial charge in [0.15, 0.2) is 0 Å². The van der Waals surface area contributed by atoms with E-state index in [1.165, 1.54) is 12.1 Å². The number of nitrogens with zero attached hydrogens (tertiary/aromatic N) is 4. The number of nitriles is 2. The minimum Gasteiger partial charge on any atom is -0.307 e. The number of alkyl halides is 3. The molecule has 12 rings (SSSR count). The molecule has 2 heterocycles. The normalized spacial score (nSPS) is 15.0. The third kappa shape index (κ3) is 7.15. The van der Waals surface area contributed by atoms with Crippen molar-refractivity contribution in [3.05, 3.63) is 240 Å². The second-order valence-electron chi connectivity index (χ2n) is 17.7. The predicted molar refractivity (Wildman–Crippen MR) is 278 cm³/mol. The summed E-state index contributed by atoms with van der Waals surface area (Å²) in [7, 11) is 0. The first-order valence-corrected chi connectivity index (χ1v) is 23.1. The van der Waals surface area contributed by atoms with Gasteiger partial charge in [-0.2, -0.15) is 23.7 Å². The van der Waals surface area contributed by atoms with Crippen LogP contribution in [-0.2, 0) is 6.18 Å². The maximum absolute atomic E-state index is 15.3. The average molecular weight is 909 g/mol. The minimum absolute atomic E-state index is 0.0499. The molecule has 4 nitrogen and oxygen atoms in total. The third-order valence-corrected chi connectivity index (χ3v) is 13.7. The van der Waals surface area contributed by atoms with Crippen LogP contribution >= 0.6 is 0 Å². The SMILES string of the molecule is N#Cc1ccc(-c2cc(-n3c4cc(=C5C=CC=CC5)ccc4c4ccc(=C5C=CC=CC5)cc43)c(-n3c4cc(-c5ccccc5)ccc4c4ccc(-c5ccccc5)cc43)cc2C#N)c(C(F)(F)F)c1. The molecule has 10 aromatic rings. The number of hydrogen-bond donors (Lipinski definition) is 0. The van der Waals surface area contributed by atoms with Crippen molar-refractivity contribution in [2.24, 2.45) is 0 Å². The van der Waals surface area contributed by atoms with Gasteiger partial charge in [-0.25, -0.2) is 0 Å². The highest BCUT2D eigenvalue weighted by molar-refractivity contribution is 6.13. The highest BCUT2D eigenvalue weighted by Gasteiger charge is 2.35. The Labute approximate surface area is 401 Å². The van der Waals surface area contributed by atoms with Crippen LogP contribution in [0.4, 0.5) is 13.2 Å². The van der Waals surface area contributed by atoms with E-state index in [4.69, 9.17) is 0 Å². The molecule has 0 bridgehead atoms. The molecule has 2 aliphatic carbocycles. The zero-order valence-electron chi connectivity index (χ0n) is 37.5. The van der Waals surface area contributed by atoms with Crippen molar-refractivity contribution in [3.63, 3.8) is 0 Å². The summed E-state index contributed by atoms with van der Waals surface area (Å²) < 4.78 is 50.3. The van der Waals surface area contributed by atoms with Gasteiger partial charge in [0.1, 0.15) is 0 Å². The molecule has 0 unspecified atom stereocenters. The second-order valence-corrected chi connectivity index (χ2v) is 17.7. The highest BCUT2D eigenvalue weighted by Crippen LogP contribution is 2.45. The smallest absolute Gasteiger partial charge is 0.307 e. The number of halogens is 3. The van der Waals surface area contributed by atoms with Crippen molar-refractivity contribution in [3.8, 4) is 56.9 Å². The van der Waals surface area contributed by atoms with E-state index in [1.807, 2.05) is 66.8 Å². The number of hydrogen-bond acceptors (Lipinski definition) is 2. The van der Waals surface area contributed by atoms with E-state index >= 15 is 13.2 Å². The summed E-state index contributed by atoms with van der Waals surface area (Å²) in [5.74, 6) is 0. The number of benzene rings is 8. The van der Waals surface area contributed by atoms with Gasteiger partial charge < -0.3 is 9.13 Å².